The Morgan fingerprint density at radius 1 is 1.89 bits per heavy atom. The number of hydrogen-bond acceptors (Lipinski definition) is 2. The van der Waals surface area contributed by atoms with Crippen LogP contribution in [0.2, 0.25) is 5.15 Å². The normalized spacial score (nSPS) is 10.1. The van der Waals surface area contributed by atoms with Gasteiger partial charge in [-0.05, 0) is 0 Å². The van der Waals surface area contributed by atoms with Crippen LogP contribution in [0.25, 0.3) is 0 Å². The van der Waals surface area contributed by atoms with Gasteiger partial charge in [-0.25, -0.2) is 0 Å². The summed E-state index contributed by atoms with van der Waals surface area (Å²) in [7, 11) is 1.72. The number of nitrogens with zero attached hydrogens (tertiary/aromatic N) is 2. The molecule has 0 spiro atoms. The first-order chi connectivity index (χ1) is 4.24. The van der Waals surface area contributed by atoms with Gasteiger partial charge in [0.2, 0.25) is 0 Å². The summed E-state index contributed by atoms with van der Waals surface area (Å²) in [6, 6.07) is 1.63. The van der Waals surface area contributed by atoms with Crippen LogP contribution in [0.3, 0.4) is 0 Å². The molecule has 1 aromatic rings. The molecule has 9 heavy (non-hydrogen) atoms. The predicted molar refractivity (Wildman–Crippen MR) is 34.1 cm³/mol. The Labute approximate surface area is 57.9 Å². The van der Waals surface area contributed by atoms with Gasteiger partial charge in [0.05, 0.1) is 12.3 Å². The van der Waals surface area contributed by atoms with Crippen LogP contribution in [0.4, 0.5) is 0 Å². The van der Waals surface area contributed by atoms with E-state index in [2.05, 4.69) is 5.10 Å². The number of rotatable bonds is 1. The SMILES string of the molecule is Cn1nc(CO)cc1Cl. The maximum atomic E-state index is 8.54. The van der Waals surface area contributed by atoms with Crippen molar-refractivity contribution in [1.82, 2.24) is 9.78 Å². The molecule has 0 saturated heterocycles. The molecule has 0 aliphatic rings. The van der Waals surface area contributed by atoms with E-state index in [4.69, 9.17) is 16.7 Å². The maximum Gasteiger partial charge on any atom is 0.127 e. The molecular weight excluding hydrogens is 140 g/mol. The zero-order valence-electron chi connectivity index (χ0n) is 5.00. The molecular formula is C5H7ClN2O. The molecule has 0 atom stereocenters. The summed E-state index contributed by atoms with van der Waals surface area (Å²) in [4.78, 5) is 0. The first-order valence-electron chi connectivity index (χ1n) is 2.53. The monoisotopic (exact) mass is 146 g/mol. The number of aliphatic hydroxyl groups excluding tert-OH is 1. The van der Waals surface area contributed by atoms with Crippen molar-refractivity contribution < 1.29 is 5.11 Å². The van der Waals surface area contributed by atoms with Crippen LogP contribution < -0.4 is 0 Å². The fraction of sp³-hybridized carbons (Fsp3) is 0.400. The van der Waals surface area contributed by atoms with E-state index in [1.165, 1.54) is 4.68 Å². The van der Waals surface area contributed by atoms with Gasteiger partial charge in [-0.15, -0.1) is 0 Å². The first kappa shape index (κ1) is 6.58. The highest BCUT2D eigenvalue weighted by molar-refractivity contribution is 6.29. The Kier molecular flexibility index (Phi) is 1.73. The lowest BCUT2D eigenvalue weighted by molar-refractivity contribution is 0.275. The van der Waals surface area contributed by atoms with Crippen molar-refractivity contribution in [1.29, 1.82) is 0 Å². The molecule has 1 N–H and O–H groups in total. The molecule has 0 saturated carbocycles. The van der Waals surface area contributed by atoms with Gasteiger partial charge in [-0.2, -0.15) is 5.10 Å². The van der Waals surface area contributed by atoms with Gasteiger partial charge in [0, 0.05) is 13.1 Å². The molecule has 0 bridgehead atoms. The van der Waals surface area contributed by atoms with Gasteiger partial charge < -0.3 is 5.11 Å². The third kappa shape index (κ3) is 1.23. The smallest absolute Gasteiger partial charge is 0.127 e. The van der Waals surface area contributed by atoms with E-state index < -0.39 is 0 Å². The van der Waals surface area contributed by atoms with E-state index in [1.807, 2.05) is 0 Å². The second kappa shape index (κ2) is 2.37. The maximum absolute atomic E-state index is 8.54. The van der Waals surface area contributed by atoms with Crippen molar-refractivity contribution in [2.24, 2.45) is 7.05 Å². The summed E-state index contributed by atoms with van der Waals surface area (Å²) in [5.74, 6) is 0. The van der Waals surface area contributed by atoms with Crippen molar-refractivity contribution in [3.63, 3.8) is 0 Å². The topological polar surface area (TPSA) is 38.0 Å². The molecule has 50 valence electrons. The van der Waals surface area contributed by atoms with E-state index in [-0.39, 0.29) is 6.61 Å². The van der Waals surface area contributed by atoms with Crippen molar-refractivity contribution in [2.45, 2.75) is 6.61 Å². The Morgan fingerprint density at radius 3 is 2.78 bits per heavy atom. The molecule has 0 radical (unpaired) electrons. The summed E-state index contributed by atoms with van der Waals surface area (Å²) >= 11 is 5.60. The van der Waals surface area contributed by atoms with Crippen LogP contribution >= 0.6 is 11.6 Å². The van der Waals surface area contributed by atoms with Crippen LogP contribution in [0, 0.1) is 0 Å². The molecule has 0 aliphatic heterocycles. The van der Waals surface area contributed by atoms with Crippen molar-refractivity contribution in [3.8, 4) is 0 Å². The van der Waals surface area contributed by atoms with E-state index in [0.717, 1.165) is 0 Å². The Bertz CT molecular complexity index is 189. The van der Waals surface area contributed by atoms with Gasteiger partial charge in [0.1, 0.15) is 5.15 Å². The minimum absolute atomic E-state index is 0.0550. The standard InChI is InChI=1S/C5H7ClN2O/c1-8-5(6)2-4(3-9)7-8/h2,9H,3H2,1H3. The highest BCUT2D eigenvalue weighted by Gasteiger charge is 1.98. The van der Waals surface area contributed by atoms with E-state index >= 15 is 0 Å². The molecule has 0 aliphatic carbocycles. The number of aliphatic hydroxyl groups is 1. The summed E-state index contributed by atoms with van der Waals surface area (Å²) in [6.07, 6.45) is 0. The Morgan fingerprint density at radius 2 is 2.56 bits per heavy atom. The van der Waals surface area contributed by atoms with Gasteiger partial charge in [0.25, 0.3) is 0 Å². The Hall–Kier alpha value is -0.540. The molecule has 1 rings (SSSR count). The lowest BCUT2D eigenvalue weighted by Gasteiger charge is -1.86. The largest absolute Gasteiger partial charge is 0.390 e. The second-order valence-electron chi connectivity index (χ2n) is 1.74. The zero-order valence-corrected chi connectivity index (χ0v) is 5.76. The van der Waals surface area contributed by atoms with E-state index in [0.29, 0.717) is 10.8 Å². The third-order valence-electron chi connectivity index (χ3n) is 1.04. The highest BCUT2D eigenvalue weighted by atomic mass is 35.5. The lowest BCUT2D eigenvalue weighted by atomic mass is 10.5. The average molecular weight is 147 g/mol. The lowest BCUT2D eigenvalue weighted by Crippen LogP contribution is -1.91. The molecule has 3 nitrogen and oxygen atoms in total. The number of aromatic nitrogens is 2. The minimum Gasteiger partial charge on any atom is -0.390 e. The van der Waals surface area contributed by atoms with Crippen molar-refractivity contribution in [3.05, 3.63) is 16.9 Å². The molecule has 0 aromatic carbocycles. The average Bonchev–Trinajstić information content (AvgIpc) is 2.13. The number of halogens is 1. The molecule has 0 unspecified atom stereocenters. The Balaban J connectivity index is 2.98. The molecule has 4 heteroatoms. The summed E-state index contributed by atoms with van der Waals surface area (Å²) in [6.45, 7) is -0.0550. The molecule has 1 heterocycles. The summed E-state index contributed by atoms with van der Waals surface area (Å²) in [5, 5.41) is 12.9. The van der Waals surface area contributed by atoms with Crippen LogP contribution in [0.15, 0.2) is 6.07 Å². The van der Waals surface area contributed by atoms with Gasteiger partial charge in [-0.3, -0.25) is 4.68 Å². The zero-order chi connectivity index (χ0) is 6.85. The van der Waals surface area contributed by atoms with Crippen LogP contribution in [0.5, 0.6) is 0 Å². The number of hydrogen-bond donors (Lipinski definition) is 1. The van der Waals surface area contributed by atoms with Gasteiger partial charge in [0.15, 0.2) is 0 Å². The fourth-order valence-corrected chi connectivity index (χ4v) is 0.741. The van der Waals surface area contributed by atoms with Crippen LogP contribution in [-0.4, -0.2) is 14.9 Å². The third-order valence-corrected chi connectivity index (χ3v) is 1.39. The molecule has 1 aromatic heterocycles. The van der Waals surface area contributed by atoms with Crippen LogP contribution in [-0.2, 0) is 13.7 Å². The second-order valence-corrected chi connectivity index (χ2v) is 2.13. The fourth-order valence-electron chi connectivity index (χ4n) is 0.577. The van der Waals surface area contributed by atoms with E-state index in [1.54, 1.807) is 13.1 Å². The predicted octanol–water partition coefficient (Wildman–Crippen LogP) is 0.566. The first-order valence-corrected chi connectivity index (χ1v) is 2.91. The number of aryl methyl sites for hydroxylation is 1. The van der Waals surface area contributed by atoms with E-state index in [9.17, 15) is 0 Å². The summed E-state index contributed by atoms with van der Waals surface area (Å²) in [5.41, 5.74) is 0.600. The van der Waals surface area contributed by atoms with Crippen molar-refractivity contribution in [2.75, 3.05) is 0 Å². The summed E-state index contributed by atoms with van der Waals surface area (Å²) < 4.78 is 1.51. The molecule has 0 amide bonds. The highest BCUT2D eigenvalue weighted by Crippen LogP contribution is 2.07. The van der Waals surface area contributed by atoms with Crippen LogP contribution in [0.1, 0.15) is 5.69 Å². The van der Waals surface area contributed by atoms with Gasteiger partial charge >= 0.3 is 0 Å². The van der Waals surface area contributed by atoms with Crippen molar-refractivity contribution >= 4 is 11.6 Å². The quantitative estimate of drug-likeness (QED) is 0.629. The molecule has 0 fully saturated rings. The van der Waals surface area contributed by atoms with Gasteiger partial charge in [-0.1, -0.05) is 11.6 Å². The minimum atomic E-state index is -0.0550.